The molecule has 0 spiro atoms. The van der Waals surface area contributed by atoms with Gasteiger partial charge in [-0.05, 0) is 102 Å². The van der Waals surface area contributed by atoms with Gasteiger partial charge in [-0.25, -0.2) is 13.1 Å². The molecule has 0 radical (unpaired) electrons. The van der Waals surface area contributed by atoms with E-state index in [0.29, 0.717) is 50.6 Å². The summed E-state index contributed by atoms with van der Waals surface area (Å²) in [5.41, 5.74) is 5.06. The van der Waals surface area contributed by atoms with Gasteiger partial charge in [-0.2, -0.15) is 0 Å². The smallest absolute Gasteiger partial charge is 0.307 e. The van der Waals surface area contributed by atoms with Crippen LogP contribution in [0.1, 0.15) is 153 Å². The number of primary amides is 1. The summed E-state index contributed by atoms with van der Waals surface area (Å²) in [5, 5.41) is 3.01. The Kier molecular flexibility index (Phi) is 27.6. The van der Waals surface area contributed by atoms with E-state index in [0.717, 1.165) is 0 Å². The second kappa shape index (κ2) is 31.1. The molecule has 4 N–H and O–H groups in total. The predicted molar refractivity (Wildman–Crippen MR) is 295 cm³/mol. The first-order chi connectivity index (χ1) is 35.7. The van der Waals surface area contributed by atoms with Crippen molar-refractivity contribution in [2.75, 3.05) is 41.9 Å². The molecule has 0 aliphatic carbocycles. The zero-order valence-electron chi connectivity index (χ0n) is 49.4. The fourth-order valence-corrected chi connectivity index (χ4v) is 11.6. The molecule has 1 aliphatic rings. The van der Waals surface area contributed by atoms with Crippen LogP contribution in [0.5, 0.6) is 0 Å². The number of carbonyl (C=O) groups excluding carboxylic acids is 8. The maximum absolute atomic E-state index is 14.4. The van der Waals surface area contributed by atoms with Gasteiger partial charge in [-0.15, -0.1) is 0 Å². The quantitative estimate of drug-likeness (QED) is 0.0549. The summed E-state index contributed by atoms with van der Waals surface area (Å²) in [6.07, 6.45) is 0.885. The van der Waals surface area contributed by atoms with Crippen LogP contribution in [0.15, 0.2) is 29.2 Å². The molecule has 19 nitrogen and oxygen atoms in total. The normalized spacial score (nSPS) is 17.7. The Bertz CT molecular complexity index is 2240. The van der Waals surface area contributed by atoms with Crippen LogP contribution in [0, 0.1) is 41.4 Å². The number of amides is 5. The van der Waals surface area contributed by atoms with Crippen molar-refractivity contribution in [3.05, 3.63) is 29.8 Å². The first-order valence-corrected chi connectivity index (χ1v) is 29.0. The van der Waals surface area contributed by atoms with Crippen LogP contribution in [0.2, 0.25) is 0 Å². The van der Waals surface area contributed by atoms with Crippen molar-refractivity contribution in [2.45, 2.75) is 201 Å². The third-order valence-electron chi connectivity index (χ3n) is 14.9. The van der Waals surface area contributed by atoms with E-state index < -0.39 is 87.5 Å². The highest BCUT2D eigenvalue weighted by molar-refractivity contribution is 7.90. The number of hydrogen-bond acceptors (Lipinski definition) is 14. The number of nitrogens with two attached hydrogens (primary N) is 1. The highest BCUT2D eigenvalue weighted by atomic mass is 32.2. The lowest BCUT2D eigenvalue weighted by Crippen LogP contribution is -2.59. The highest BCUT2D eigenvalue weighted by Crippen LogP contribution is 2.31. The number of esters is 1. The number of likely N-dealkylation sites (tertiary alicyclic amines) is 1. The van der Waals surface area contributed by atoms with Crippen molar-refractivity contribution >= 4 is 57.1 Å². The maximum Gasteiger partial charge on any atom is 0.307 e. The number of methoxy groups -OCH3 is 2. The lowest BCUT2D eigenvalue weighted by Gasteiger charge is -2.41. The average Bonchev–Trinajstić information content (AvgIpc) is 3.81. The van der Waals surface area contributed by atoms with Crippen molar-refractivity contribution in [1.29, 1.82) is 0 Å². The number of Topliss-reactive ketones (excluding diaryl/α,β-unsaturated/α-hetero) is 2. The molecule has 0 aromatic heterocycles. The second-order valence-corrected chi connectivity index (χ2v) is 25.1. The topological polar surface area (TPSA) is 258 Å². The molecule has 77 heavy (non-hydrogen) atoms. The van der Waals surface area contributed by atoms with Crippen LogP contribution >= 0.6 is 0 Å². The number of ether oxygens (including phenoxy) is 3. The number of rotatable bonds is 33. The van der Waals surface area contributed by atoms with Gasteiger partial charge in [0.2, 0.25) is 29.5 Å². The SMILES string of the molecule is CC[C@H](C)[C@@H]([C@@H](CC(=O)N1CCC[C@H]1[C@H](OC)[C@@H](C)C(=O)NS(=O)(=O)c1ccc(CC(=O)[C@H](CCCCC(N)=O)CC(=O)[C@@H](CC(=O)OC(C)(C)C)C(C)C)cc1)OC)N(C)C(=O)[C@@H](NC(=O)[C@H](C(C)C)N(C)C)C(C)C. The molecule has 1 saturated heterocycles. The van der Waals surface area contributed by atoms with E-state index in [-0.39, 0.29) is 90.0 Å². The number of nitrogens with zero attached hydrogens (tertiary/aromatic N) is 3. The summed E-state index contributed by atoms with van der Waals surface area (Å²) in [6.45, 7) is 22.4. The standard InChI is InChI=1S/C57H96N6O13S/c1-18-37(8)52(62(15)56(71)50(35(4)5)59-55(70)51(36(6)7)61(13)14)46(74-16)33-48(67)63-29-21-23-43(63)53(75-17)38(9)54(69)60-77(72,73)41-27-25-39(26-28-41)30-44(64)40(22-19-20-24-47(58)66)31-45(65)42(34(2)3)32-49(68)76-57(10,11)12/h25-28,34-38,40,42-43,46,50-53H,18-24,29-33H2,1-17H3,(H2,58,66)(H,59,70)(H,60,69)/t37-,38+,40+,42-,43-,46+,50-,51-,52-,53+/m0/s1. The zero-order chi connectivity index (χ0) is 58.9. The highest BCUT2D eigenvalue weighted by Gasteiger charge is 2.44. The number of sulfonamides is 1. The van der Waals surface area contributed by atoms with Crippen molar-refractivity contribution in [1.82, 2.24) is 24.7 Å². The Morgan fingerprint density at radius 1 is 0.805 bits per heavy atom. The van der Waals surface area contributed by atoms with Crippen LogP contribution in [-0.4, -0.2) is 154 Å². The lowest BCUT2D eigenvalue weighted by molar-refractivity contribution is -0.158. The van der Waals surface area contributed by atoms with Gasteiger partial charge in [0.15, 0.2) is 0 Å². The van der Waals surface area contributed by atoms with Crippen molar-refractivity contribution in [3.8, 4) is 0 Å². The molecule has 0 unspecified atom stereocenters. The van der Waals surface area contributed by atoms with E-state index in [1.165, 1.54) is 45.4 Å². The van der Waals surface area contributed by atoms with Gasteiger partial charge in [0.25, 0.3) is 10.0 Å². The van der Waals surface area contributed by atoms with Gasteiger partial charge in [0, 0.05) is 58.9 Å². The summed E-state index contributed by atoms with van der Waals surface area (Å²) in [6, 6.07) is 3.06. The number of unbranched alkanes of at least 4 members (excludes halogenated alkanes) is 1. The van der Waals surface area contributed by atoms with Crippen molar-refractivity contribution in [2.24, 2.45) is 47.2 Å². The van der Waals surface area contributed by atoms with Crippen molar-refractivity contribution in [3.63, 3.8) is 0 Å². The largest absolute Gasteiger partial charge is 0.460 e. The monoisotopic (exact) mass is 1100 g/mol. The maximum atomic E-state index is 14.4. The minimum atomic E-state index is -4.44. The van der Waals surface area contributed by atoms with E-state index in [1.54, 1.807) is 37.6 Å². The molecule has 2 rings (SSSR count). The molecule has 1 fully saturated rings. The Balaban J connectivity index is 2.28. The average molecular weight is 1110 g/mol. The number of carbonyl (C=O) groups is 8. The van der Waals surface area contributed by atoms with Crippen LogP contribution in [-0.2, 0) is 69.0 Å². The molecule has 1 aliphatic heterocycles. The second-order valence-electron chi connectivity index (χ2n) is 23.4. The van der Waals surface area contributed by atoms with E-state index >= 15 is 0 Å². The Morgan fingerprint density at radius 3 is 1.91 bits per heavy atom. The molecule has 5 amide bonds. The van der Waals surface area contributed by atoms with Gasteiger partial charge >= 0.3 is 5.97 Å². The van der Waals surface area contributed by atoms with E-state index in [9.17, 15) is 46.8 Å². The Morgan fingerprint density at radius 2 is 1.42 bits per heavy atom. The molecule has 0 saturated carbocycles. The van der Waals surface area contributed by atoms with Crippen molar-refractivity contribution < 1.29 is 61.0 Å². The summed E-state index contributed by atoms with van der Waals surface area (Å²) in [5.74, 6) is -6.25. The number of ketones is 2. The summed E-state index contributed by atoms with van der Waals surface area (Å²) < 4.78 is 47.0. The van der Waals surface area contributed by atoms with Crippen LogP contribution in [0.3, 0.4) is 0 Å². The lowest BCUT2D eigenvalue weighted by atomic mass is 9.81. The van der Waals surface area contributed by atoms with Gasteiger partial charge in [-0.3, -0.25) is 43.3 Å². The third kappa shape index (κ3) is 20.8. The summed E-state index contributed by atoms with van der Waals surface area (Å²) in [4.78, 5) is 113. The van der Waals surface area contributed by atoms with Crippen LogP contribution in [0.25, 0.3) is 0 Å². The molecular formula is C57H96N6O13S. The Labute approximate surface area is 460 Å². The Hall–Kier alpha value is -4.79. The number of hydrogen-bond donors (Lipinski definition) is 3. The third-order valence-corrected chi connectivity index (χ3v) is 16.3. The van der Waals surface area contributed by atoms with Gasteiger partial charge < -0.3 is 35.1 Å². The first kappa shape index (κ1) is 68.3. The van der Waals surface area contributed by atoms with Crippen LogP contribution in [0.4, 0.5) is 0 Å². The van der Waals surface area contributed by atoms with Gasteiger partial charge in [0.1, 0.15) is 23.2 Å². The number of benzene rings is 1. The number of nitrogens with one attached hydrogen (secondary N) is 2. The molecule has 20 heteroatoms. The summed E-state index contributed by atoms with van der Waals surface area (Å²) in [7, 11) is 3.79. The zero-order valence-corrected chi connectivity index (χ0v) is 50.3. The molecule has 1 aromatic carbocycles. The fourth-order valence-electron chi connectivity index (χ4n) is 10.6. The minimum Gasteiger partial charge on any atom is -0.460 e. The van der Waals surface area contributed by atoms with E-state index in [4.69, 9.17) is 19.9 Å². The molecule has 1 heterocycles. The van der Waals surface area contributed by atoms with E-state index in [2.05, 4.69) is 10.0 Å². The number of likely N-dealkylation sites (N-methyl/N-ethyl adjacent to an activating group) is 2. The molecule has 438 valence electrons. The fraction of sp³-hybridized carbons (Fsp3) is 0.754. The molecule has 10 atom stereocenters. The minimum absolute atomic E-state index is 0.00741. The molecular weight excluding hydrogens is 1010 g/mol. The molecule has 1 aromatic rings. The van der Waals surface area contributed by atoms with E-state index in [1.807, 2.05) is 74.4 Å². The first-order valence-electron chi connectivity index (χ1n) is 27.5. The predicted octanol–water partition coefficient (Wildman–Crippen LogP) is 5.88. The summed E-state index contributed by atoms with van der Waals surface area (Å²) >= 11 is 0. The molecule has 0 bridgehead atoms. The van der Waals surface area contributed by atoms with Gasteiger partial charge in [-0.1, -0.05) is 87.3 Å². The van der Waals surface area contributed by atoms with Crippen LogP contribution < -0.4 is 15.8 Å². The van der Waals surface area contributed by atoms with Gasteiger partial charge in [0.05, 0.1) is 54.0 Å².